The summed E-state index contributed by atoms with van der Waals surface area (Å²) in [5.74, 6) is -0.446. The van der Waals surface area contributed by atoms with Crippen LogP contribution in [0.5, 0.6) is 5.75 Å². The van der Waals surface area contributed by atoms with Crippen molar-refractivity contribution in [3.8, 4) is 5.75 Å². The topological polar surface area (TPSA) is 133 Å². The molecule has 1 aromatic rings. The minimum Gasteiger partial charge on any atom is -0.497 e. The Morgan fingerprint density at radius 2 is 1.89 bits per heavy atom. The fourth-order valence-electron chi connectivity index (χ4n) is 3.29. The third-order valence-corrected chi connectivity index (χ3v) is 7.81. The average molecular weight is 436 g/mol. The summed E-state index contributed by atoms with van der Waals surface area (Å²) in [6, 6.07) is 3.68. The number of benzene rings is 1. The summed E-state index contributed by atoms with van der Waals surface area (Å²) in [4.78, 5) is 12.1. The summed E-state index contributed by atoms with van der Waals surface area (Å²) in [5.41, 5.74) is 1.48. The number of rotatable bonds is 8. The van der Waals surface area contributed by atoms with Gasteiger partial charge in [0.2, 0.25) is 20.0 Å². The zero-order chi connectivity index (χ0) is 21.1. The Kier molecular flexibility index (Phi) is 7.04. The maximum absolute atomic E-state index is 13.1. The molecule has 0 bridgehead atoms. The second kappa shape index (κ2) is 8.74. The van der Waals surface area contributed by atoms with E-state index in [9.17, 15) is 21.6 Å². The molecule has 0 aromatic heterocycles. The van der Waals surface area contributed by atoms with Crippen molar-refractivity contribution in [1.29, 1.82) is 0 Å². The molecule has 0 spiro atoms. The van der Waals surface area contributed by atoms with E-state index in [-0.39, 0.29) is 24.4 Å². The minimum atomic E-state index is -4.11. The molecule has 1 amide bonds. The fraction of sp³-hybridized carbons (Fsp3) is 0.562. The fourth-order valence-corrected chi connectivity index (χ4v) is 6.14. The van der Waals surface area contributed by atoms with Crippen LogP contribution in [0.3, 0.4) is 0 Å². The molecule has 0 unspecified atom stereocenters. The first-order valence-electron chi connectivity index (χ1n) is 8.63. The van der Waals surface area contributed by atoms with E-state index in [4.69, 9.17) is 9.94 Å². The number of ether oxygens (including phenoxy) is 1. The molecule has 1 aliphatic heterocycles. The minimum absolute atomic E-state index is 0.0607. The van der Waals surface area contributed by atoms with Gasteiger partial charge in [-0.2, -0.15) is 8.61 Å². The number of nitrogens with zero attached hydrogens (tertiary/aromatic N) is 2. The highest BCUT2D eigenvalue weighted by Gasteiger charge is 2.47. The summed E-state index contributed by atoms with van der Waals surface area (Å²) >= 11 is 0. The molecule has 1 heterocycles. The van der Waals surface area contributed by atoms with Crippen LogP contribution < -0.4 is 10.2 Å². The molecule has 0 saturated carbocycles. The number of nitrogens with one attached hydrogen (secondary N) is 1. The molecule has 1 aliphatic rings. The van der Waals surface area contributed by atoms with Crippen LogP contribution in [0.1, 0.15) is 19.8 Å². The van der Waals surface area contributed by atoms with Gasteiger partial charge in [-0.1, -0.05) is 6.92 Å². The van der Waals surface area contributed by atoms with Gasteiger partial charge in [0, 0.05) is 19.1 Å². The zero-order valence-electron chi connectivity index (χ0n) is 15.9. The van der Waals surface area contributed by atoms with Crippen LogP contribution in [-0.4, -0.2) is 75.1 Å². The van der Waals surface area contributed by atoms with E-state index < -0.39 is 38.0 Å². The first kappa shape index (κ1) is 22.6. The van der Waals surface area contributed by atoms with Crippen molar-refractivity contribution < 1.29 is 31.6 Å². The monoisotopic (exact) mass is 435 g/mol. The van der Waals surface area contributed by atoms with Gasteiger partial charge in [0.15, 0.2) is 0 Å². The normalized spacial score (nSPS) is 21.0. The average Bonchev–Trinajstić information content (AvgIpc) is 3.10. The third kappa shape index (κ3) is 4.63. The molecule has 28 heavy (non-hydrogen) atoms. The molecule has 1 aromatic carbocycles. The lowest BCUT2D eigenvalue weighted by atomic mass is 10.1. The summed E-state index contributed by atoms with van der Waals surface area (Å²) in [6.45, 7) is 1.81. The highest BCUT2D eigenvalue weighted by molar-refractivity contribution is 7.89. The van der Waals surface area contributed by atoms with Crippen LogP contribution >= 0.6 is 0 Å². The van der Waals surface area contributed by atoms with Crippen molar-refractivity contribution in [2.45, 2.75) is 36.7 Å². The maximum Gasteiger partial charge on any atom is 0.261 e. The predicted octanol–water partition coefficient (Wildman–Crippen LogP) is 0.00380. The van der Waals surface area contributed by atoms with Gasteiger partial charge >= 0.3 is 0 Å². The van der Waals surface area contributed by atoms with E-state index >= 15 is 0 Å². The molecule has 158 valence electrons. The standard InChI is InChI=1S/C16H25N3O7S2/c1-4-9-18(27(3,22)23)12-10-15(16(20)17-21)19(11-12)28(24,25)14-7-5-13(26-2)6-8-14/h5-8,12,15,21H,4,9-11H2,1-3H3,(H,17,20)/t12-,15+/m0/s1. The van der Waals surface area contributed by atoms with E-state index in [0.29, 0.717) is 12.2 Å². The number of carbonyl (C=O) groups excluding carboxylic acids is 1. The van der Waals surface area contributed by atoms with E-state index in [1.54, 1.807) is 6.92 Å². The van der Waals surface area contributed by atoms with Crippen molar-refractivity contribution in [2.75, 3.05) is 26.5 Å². The SMILES string of the molecule is CCCN([C@H]1C[C@H](C(=O)NO)N(S(=O)(=O)c2ccc(OC)cc2)C1)S(C)(=O)=O. The van der Waals surface area contributed by atoms with Gasteiger partial charge in [-0.15, -0.1) is 0 Å². The van der Waals surface area contributed by atoms with Crippen LogP contribution in [0.4, 0.5) is 0 Å². The van der Waals surface area contributed by atoms with Gasteiger partial charge in [0.25, 0.3) is 5.91 Å². The molecule has 1 saturated heterocycles. The van der Waals surface area contributed by atoms with Crippen LogP contribution in [-0.2, 0) is 24.8 Å². The summed E-state index contributed by atoms with van der Waals surface area (Å²) in [7, 11) is -6.27. The van der Waals surface area contributed by atoms with Gasteiger partial charge in [-0.05, 0) is 37.1 Å². The lowest BCUT2D eigenvalue weighted by Gasteiger charge is -2.26. The second-order valence-corrected chi connectivity index (χ2v) is 10.3. The van der Waals surface area contributed by atoms with E-state index in [1.807, 2.05) is 0 Å². The number of amides is 1. The molecule has 12 heteroatoms. The molecule has 0 radical (unpaired) electrons. The molecule has 2 N–H and O–H groups in total. The van der Waals surface area contributed by atoms with Gasteiger partial charge in [-0.3, -0.25) is 10.0 Å². The molecule has 2 atom stereocenters. The molecule has 10 nitrogen and oxygen atoms in total. The summed E-state index contributed by atoms with van der Waals surface area (Å²) < 4.78 is 57.6. The lowest BCUT2D eigenvalue weighted by Crippen LogP contribution is -2.45. The molecule has 1 fully saturated rings. The van der Waals surface area contributed by atoms with Crippen molar-refractivity contribution >= 4 is 26.0 Å². The van der Waals surface area contributed by atoms with E-state index in [1.165, 1.54) is 41.2 Å². The molecule has 0 aliphatic carbocycles. The van der Waals surface area contributed by atoms with Crippen LogP contribution in [0, 0.1) is 0 Å². The third-order valence-electron chi connectivity index (χ3n) is 4.59. The smallest absolute Gasteiger partial charge is 0.261 e. The Morgan fingerprint density at radius 1 is 1.29 bits per heavy atom. The van der Waals surface area contributed by atoms with Gasteiger partial charge < -0.3 is 4.74 Å². The Balaban J connectivity index is 2.42. The molecular weight excluding hydrogens is 410 g/mol. The zero-order valence-corrected chi connectivity index (χ0v) is 17.5. The van der Waals surface area contributed by atoms with E-state index in [2.05, 4.69) is 0 Å². The Hall–Kier alpha value is -1.73. The number of hydrogen-bond donors (Lipinski definition) is 2. The first-order chi connectivity index (χ1) is 13.1. The first-order valence-corrected chi connectivity index (χ1v) is 11.9. The van der Waals surface area contributed by atoms with Gasteiger partial charge in [0.05, 0.1) is 18.3 Å². The lowest BCUT2D eigenvalue weighted by molar-refractivity contribution is -0.132. The second-order valence-electron chi connectivity index (χ2n) is 6.51. The van der Waals surface area contributed by atoms with E-state index in [0.717, 1.165) is 10.6 Å². The summed E-state index contributed by atoms with van der Waals surface area (Å²) in [6.07, 6.45) is 1.52. The highest BCUT2D eigenvalue weighted by Crippen LogP contribution is 2.30. The number of hydrogen-bond acceptors (Lipinski definition) is 7. The number of sulfonamides is 2. The van der Waals surface area contributed by atoms with Crippen molar-refractivity contribution in [2.24, 2.45) is 0 Å². The quantitative estimate of drug-likeness (QED) is 0.434. The van der Waals surface area contributed by atoms with Crippen molar-refractivity contribution in [3.63, 3.8) is 0 Å². The number of hydroxylamine groups is 1. The van der Waals surface area contributed by atoms with Crippen molar-refractivity contribution in [1.82, 2.24) is 14.1 Å². The number of methoxy groups -OCH3 is 1. The maximum atomic E-state index is 13.1. The Bertz CT molecular complexity index is 901. The largest absolute Gasteiger partial charge is 0.497 e. The van der Waals surface area contributed by atoms with Crippen LogP contribution in [0.25, 0.3) is 0 Å². The number of carbonyl (C=O) groups is 1. The Morgan fingerprint density at radius 3 is 2.36 bits per heavy atom. The van der Waals surface area contributed by atoms with Crippen molar-refractivity contribution in [3.05, 3.63) is 24.3 Å². The summed E-state index contributed by atoms with van der Waals surface area (Å²) in [5, 5.41) is 9.04. The molecule has 2 rings (SSSR count). The van der Waals surface area contributed by atoms with Crippen LogP contribution in [0.15, 0.2) is 29.2 Å². The van der Waals surface area contributed by atoms with Gasteiger partial charge in [0.1, 0.15) is 11.8 Å². The van der Waals surface area contributed by atoms with Gasteiger partial charge in [-0.25, -0.2) is 22.3 Å². The van der Waals surface area contributed by atoms with Crippen LogP contribution in [0.2, 0.25) is 0 Å². The predicted molar refractivity (Wildman–Crippen MR) is 101 cm³/mol. The molecular formula is C16H25N3O7S2. The Labute approximate surface area is 165 Å². The highest BCUT2D eigenvalue weighted by atomic mass is 32.2.